The fraction of sp³-hybridized carbons (Fsp3) is 0.381. The number of alkyl halides is 3. The highest BCUT2D eigenvalue weighted by atomic mass is 35.5. The molecule has 1 aliphatic carbocycles. The number of hydrogen-bond acceptors (Lipinski definition) is 3. The maximum absolute atomic E-state index is 12.6. The zero-order chi connectivity index (χ0) is 20.5. The number of hydrogen-bond donors (Lipinski definition) is 0. The molecule has 2 atom stereocenters. The number of thiophene rings is 1. The zero-order valence-electron chi connectivity index (χ0n) is 15.4. The van der Waals surface area contributed by atoms with Crippen LogP contribution in [0.1, 0.15) is 29.2 Å². The lowest BCUT2D eigenvalue weighted by Crippen LogP contribution is -2.10. The lowest BCUT2D eigenvalue weighted by atomic mass is 10.1. The summed E-state index contributed by atoms with van der Waals surface area (Å²) in [4.78, 5) is 14.4. The van der Waals surface area contributed by atoms with Gasteiger partial charge in [-0.05, 0) is 29.0 Å². The third-order valence-corrected chi connectivity index (χ3v) is 6.46. The fourth-order valence-corrected chi connectivity index (χ4v) is 4.42. The predicted octanol–water partition coefficient (Wildman–Crippen LogP) is 6.34. The predicted molar refractivity (Wildman–Crippen MR) is 104 cm³/mol. The quantitative estimate of drug-likeness (QED) is 0.502. The Hall–Kier alpha value is -1.79. The molecule has 2 aromatic rings. The Morgan fingerprint density at radius 3 is 2.46 bits per heavy atom. The van der Waals surface area contributed by atoms with E-state index in [9.17, 15) is 18.0 Å². The first-order chi connectivity index (χ1) is 13.1. The van der Waals surface area contributed by atoms with Gasteiger partial charge in [0.2, 0.25) is 0 Å². The Balaban J connectivity index is 1.56. The lowest BCUT2D eigenvalue weighted by molar-refractivity contribution is -0.147. The van der Waals surface area contributed by atoms with E-state index in [0.717, 1.165) is 22.3 Å². The van der Waals surface area contributed by atoms with Crippen LogP contribution in [0.2, 0.25) is 0 Å². The van der Waals surface area contributed by atoms with Crippen LogP contribution in [0.5, 0.6) is 0 Å². The summed E-state index contributed by atoms with van der Waals surface area (Å²) in [6.07, 6.45) is -2.87. The lowest BCUT2D eigenvalue weighted by Gasteiger charge is -2.04. The Labute approximate surface area is 171 Å². The Morgan fingerprint density at radius 1 is 1.18 bits per heavy atom. The van der Waals surface area contributed by atoms with Crippen molar-refractivity contribution in [3.05, 3.63) is 68.9 Å². The molecule has 7 heteroatoms. The summed E-state index contributed by atoms with van der Waals surface area (Å²) in [5.74, 6) is -1.69. The number of carbonyl (C=O) groups excluding carboxylic acids is 1. The minimum atomic E-state index is -4.60. The summed E-state index contributed by atoms with van der Waals surface area (Å²) in [7, 11) is 0. The van der Waals surface area contributed by atoms with Gasteiger partial charge < -0.3 is 4.74 Å². The van der Waals surface area contributed by atoms with Crippen molar-refractivity contribution in [1.82, 2.24) is 0 Å². The molecular weight excluding hydrogens is 409 g/mol. The summed E-state index contributed by atoms with van der Waals surface area (Å²) < 4.78 is 43.3. The molecule has 0 amide bonds. The van der Waals surface area contributed by atoms with Crippen LogP contribution in [0.3, 0.4) is 0 Å². The van der Waals surface area contributed by atoms with E-state index in [1.807, 2.05) is 42.5 Å². The number of rotatable bonds is 6. The molecule has 2 unspecified atom stereocenters. The SMILES string of the molecule is CC1(C)C(C=C(Cl)C(F)(F)F)C1C(=O)OCc1ccc(Cc2ccccc2)s1. The Morgan fingerprint density at radius 2 is 1.82 bits per heavy atom. The third-order valence-electron chi connectivity index (χ3n) is 5.06. The molecule has 0 bridgehead atoms. The van der Waals surface area contributed by atoms with Gasteiger partial charge in [-0.1, -0.05) is 61.9 Å². The summed E-state index contributed by atoms with van der Waals surface area (Å²) >= 11 is 6.87. The van der Waals surface area contributed by atoms with Crippen LogP contribution in [-0.2, 0) is 22.6 Å². The summed E-state index contributed by atoms with van der Waals surface area (Å²) in [5.41, 5.74) is 0.597. The smallest absolute Gasteiger partial charge is 0.426 e. The van der Waals surface area contributed by atoms with Gasteiger partial charge in [-0.15, -0.1) is 11.3 Å². The van der Waals surface area contributed by atoms with Gasteiger partial charge in [-0.2, -0.15) is 13.2 Å². The highest BCUT2D eigenvalue weighted by Crippen LogP contribution is 2.60. The second-order valence-corrected chi connectivity index (χ2v) is 9.14. The maximum atomic E-state index is 12.6. The number of esters is 1. The van der Waals surface area contributed by atoms with Crippen molar-refractivity contribution in [3.63, 3.8) is 0 Å². The van der Waals surface area contributed by atoms with Gasteiger partial charge in [-0.3, -0.25) is 4.79 Å². The van der Waals surface area contributed by atoms with E-state index in [-0.39, 0.29) is 6.61 Å². The molecule has 0 N–H and O–H groups in total. The van der Waals surface area contributed by atoms with E-state index in [2.05, 4.69) is 0 Å². The number of carbonyl (C=O) groups is 1. The molecule has 3 rings (SSSR count). The summed E-state index contributed by atoms with van der Waals surface area (Å²) in [6.45, 7) is 3.60. The molecule has 28 heavy (non-hydrogen) atoms. The van der Waals surface area contributed by atoms with Crippen molar-refractivity contribution in [2.45, 2.75) is 33.1 Å². The molecule has 1 fully saturated rings. The normalized spacial score (nSPS) is 21.4. The topological polar surface area (TPSA) is 26.3 Å². The van der Waals surface area contributed by atoms with Crippen LogP contribution in [-0.4, -0.2) is 12.1 Å². The van der Waals surface area contributed by atoms with Crippen molar-refractivity contribution in [2.24, 2.45) is 17.3 Å². The molecule has 1 aliphatic rings. The van der Waals surface area contributed by atoms with Gasteiger partial charge in [0.15, 0.2) is 0 Å². The van der Waals surface area contributed by atoms with Gasteiger partial charge in [0.1, 0.15) is 11.6 Å². The first-order valence-corrected chi connectivity index (χ1v) is 10.0. The average Bonchev–Trinajstić information content (AvgIpc) is 2.94. The Kier molecular flexibility index (Phi) is 5.92. The Bertz CT molecular complexity index is 871. The van der Waals surface area contributed by atoms with Gasteiger partial charge in [0.05, 0.1) is 5.92 Å². The first kappa shape index (κ1) is 20.9. The molecular formula is C21H20ClF3O2S. The van der Waals surface area contributed by atoms with E-state index < -0.39 is 34.4 Å². The van der Waals surface area contributed by atoms with E-state index in [1.54, 1.807) is 25.2 Å². The van der Waals surface area contributed by atoms with E-state index in [4.69, 9.17) is 16.3 Å². The second kappa shape index (κ2) is 7.91. The highest BCUT2D eigenvalue weighted by molar-refractivity contribution is 7.12. The molecule has 2 nitrogen and oxygen atoms in total. The van der Waals surface area contributed by atoms with Crippen molar-refractivity contribution in [2.75, 3.05) is 0 Å². The van der Waals surface area contributed by atoms with Crippen LogP contribution in [0.25, 0.3) is 0 Å². The molecule has 1 aromatic heterocycles. The van der Waals surface area contributed by atoms with Crippen LogP contribution < -0.4 is 0 Å². The fourth-order valence-electron chi connectivity index (χ4n) is 3.32. The second-order valence-electron chi connectivity index (χ2n) is 7.48. The van der Waals surface area contributed by atoms with Crippen molar-refractivity contribution < 1.29 is 22.7 Å². The third kappa shape index (κ3) is 4.78. The summed E-state index contributed by atoms with van der Waals surface area (Å²) in [6, 6.07) is 13.9. The van der Waals surface area contributed by atoms with Gasteiger partial charge in [-0.25, -0.2) is 0 Å². The minimum absolute atomic E-state index is 0.119. The summed E-state index contributed by atoms with van der Waals surface area (Å²) in [5, 5.41) is -1.19. The molecule has 1 heterocycles. The first-order valence-electron chi connectivity index (χ1n) is 8.81. The number of halogens is 4. The molecule has 0 saturated heterocycles. The van der Waals surface area contributed by atoms with Crippen molar-refractivity contribution in [3.8, 4) is 0 Å². The van der Waals surface area contributed by atoms with Crippen LogP contribution in [0.4, 0.5) is 13.2 Å². The number of allylic oxidation sites excluding steroid dienone is 2. The van der Waals surface area contributed by atoms with Crippen LogP contribution >= 0.6 is 22.9 Å². The molecule has 0 aliphatic heterocycles. The van der Waals surface area contributed by atoms with E-state index >= 15 is 0 Å². The van der Waals surface area contributed by atoms with Gasteiger partial charge in [0.25, 0.3) is 0 Å². The van der Waals surface area contributed by atoms with Crippen molar-refractivity contribution >= 4 is 28.9 Å². The molecule has 0 radical (unpaired) electrons. The van der Waals surface area contributed by atoms with E-state index in [0.29, 0.717) is 0 Å². The standard InChI is InChI=1S/C21H20ClF3O2S/c1-20(2)16(11-17(22)21(23,24)25)18(20)19(26)27-12-15-9-8-14(28-15)10-13-6-4-3-5-7-13/h3-9,11,16,18H,10,12H2,1-2H3. The molecule has 1 saturated carbocycles. The number of ether oxygens (including phenoxy) is 1. The number of benzene rings is 1. The maximum Gasteiger partial charge on any atom is 0.426 e. The zero-order valence-corrected chi connectivity index (χ0v) is 17.0. The molecule has 0 spiro atoms. The average molecular weight is 429 g/mol. The minimum Gasteiger partial charge on any atom is -0.460 e. The molecule has 1 aromatic carbocycles. The highest BCUT2D eigenvalue weighted by Gasteiger charge is 2.62. The van der Waals surface area contributed by atoms with Gasteiger partial charge >= 0.3 is 12.1 Å². The van der Waals surface area contributed by atoms with Crippen LogP contribution in [0.15, 0.2) is 53.6 Å². The molecule has 150 valence electrons. The van der Waals surface area contributed by atoms with Crippen molar-refractivity contribution in [1.29, 1.82) is 0 Å². The largest absolute Gasteiger partial charge is 0.460 e. The van der Waals surface area contributed by atoms with Gasteiger partial charge in [0, 0.05) is 16.2 Å². The van der Waals surface area contributed by atoms with Crippen LogP contribution in [0, 0.1) is 17.3 Å². The monoisotopic (exact) mass is 428 g/mol. The van der Waals surface area contributed by atoms with E-state index in [1.165, 1.54) is 5.56 Å².